The standard InChI is InChI=1S/C8H5BrF3N3/c1-15-6-4(9)2-13-3-5(6)14-7(15)8(10,11)12/h2-3H,1H3. The highest BCUT2D eigenvalue weighted by atomic mass is 79.9. The third kappa shape index (κ3) is 1.60. The van der Waals surface area contributed by atoms with E-state index >= 15 is 0 Å². The molecule has 0 aliphatic heterocycles. The average molecular weight is 280 g/mol. The van der Waals surface area contributed by atoms with Crippen molar-refractivity contribution in [2.24, 2.45) is 7.05 Å². The van der Waals surface area contributed by atoms with Crippen molar-refractivity contribution in [2.75, 3.05) is 0 Å². The molecule has 0 saturated heterocycles. The van der Waals surface area contributed by atoms with Crippen LogP contribution in [0, 0.1) is 0 Å². The van der Waals surface area contributed by atoms with E-state index in [9.17, 15) is 13.2 Å². The molecule has 0 saturated carbocycles. The molecule has 2 aromatic heterocycles. The summed E-state index contributed by atoms with van der Waals surface area (Å²) in [6, 6.07) is 0. The van der Waals surface area contributed by atoms with Crippen LogP contribution < -0.4 is 0 Å². The highest BCUT2D eigenvalue weighted by Crippen LogP contribution is 2.32. The van der Waals surface area contributed by atoms with Gasteiger partial charge in [-0.2, -0.15) is 13.2 Å². The number of hydrogen-bond acceptors (Lipinski definition) is 2. The molecule has 2 rings (SSSR count). The lowest BCUT2D eigenvalue weighted by Gasteiger charge is -2.05. The van der Waals surface area contributed by atoms with E-state index in [1.165, 1.54) is 19.4 Å². The summed E-state index contributed by atoms with van der Waals surface area (Å²) in [5.41, 5.74) is 0.608. The first kappa shape index (κ1) is 10.4. The SMILES string of the molecule is Cn1c(C(F)(F)F)nc2cncc(Br)c21. The van der Waals surface area contributed by atoms with Gasteiger partial charge in [-0.1, -0.05) is 0 Å². The molecule has 3 nitrogen and oxygen atoms in total. The normalized spacial score (nSPS) is 12.3. The van der Waals surface area contributed by atoms with Crippen LogP contribution in [0.1, 0.15) is 5.82 Å². The van der Waals surface area contributed by atoms with Crippen molar-refractivity contribution in [2.45, 2.75) is 6.18 Å². The molecule has 0 aliphatic carbocycles. The fourth-order valence-corrected chi connectivity index (χ4v) is 1.97. The van der Waals surface area contributed by atoms with Gasteiger partial charge in [0.15, 0.2) is 0 Å². The number of nitrogens with zero attached hydrogens (tertiary/aromatic N) is 3. The molecule has 80 valence electrons. The average Bonchev–Trinajstić information content (AvgIpc) is 2.44. The summed E-state index contributed by atoms with van der Waals surface area (Å²) in [4.78, 5) is 7.25. The molecular formula is C8H5BrF3N3. The van der Waals surface area contributed by atoms with Crippen molar-refractivity contribution in [1.82, 2.24) is 14.5 Å². The number of rotatable bonds is 0. The maximum absolute atomic E-state index is 12.5. The van der Waals surface area contributed by atoms with Gasteiger partial charge in [0.05, 0.1) is 16.2 Å². The minimum atomic E-state index is -4.45. The number of aryl methyl sites for hydroxylation is 1. The molecule has 0 amide bonds. The summed E-state index contributed by atoms with van der Waals surface area (Å²) >= 11 is 3.14. The van der Waals surface area contributed by atoms with Crippen molar-refractivity contribution in [3.8, 4) is 0 Å². The molecule has 0 aromatic carbocycles. The monoisotopic (exact) mass is 279 g/mol. The Morgan fingerprint density at radius 1 is 1.33 bits per heavy atom. The number of halogens is 4. The summed E-state index contributed by atoms with van der Waals surface area (Å²) in [5, 5.41) is 0. The highest BCUT2D eigenvalue weighted by Gasteiger charge is 2.36. The van der Waals surface area contributed by atoms with E-state index in [2.05, 4.69) is 25.9 Å². The lowest BCUT2D eigenvalue weighted by atomic mass is 10.4. The van der Waals surface area contributed by atoms with Gasteiger partial charge in [0, 0.05) is 13.2 Å². The number of imidazole rings is 1. The Bertz CT molecular complexity index is 518. The third-order valence-corrected chi connectivity index (χ3v) is 2.57. The van der Waals surface area contributed by atoms with Crippen molar-refractivity contribution < 1.29 is 13.2 Å². The summed E-state index contributed by atoms with van der Waals surface area (Å²) in [7, 11) is 1.32. The molecule has 0 radical (unpaired) electrons. The van der Waals surface area contributed by atoms with Crippen LogP contribution in [0.25, 0.3) is 11.0 Å². The Morgan fingerprint density at radius 3 is 2.53 bits per heavy atom. The molecule has 0 unspecified atom stereocenters. The Labute approximate surface area is 91.1 Å². The largest absolute Gasteiger partial charge is 0.449 e. The summed E-state index contributed by atoms with van der Waals surface area (Å²) < 4.78 is 39.0. The zero-order valence-corrected chi connectivity index (χ0v) is 9.09. The molecule has 2 aromatic rings. The first-order chi connectivity index (χ1) is 6.91. The molecule has 0 atom stereocenters. The van der Waals surface area contributed by atoms with E-state index in [-0.39, 0.29) is 5.52 Å². The van der Waals surface area contributed by atoms with Gasteiger partial charge in [-0.3, -0.25) is 4.98 Å². The highest BCUT2D eigenvalue weighted by molar-refractivity contribution is 9.10. The van der Waals surface area contributed by atoms with Gasteiger partial charge in [-0.25, -0.2) is 4.98 Å². The molecule has 0 fully saturated rings. The van der Waals surface area contributed by atoms with Crippen LogP contribution in [-0.2, 0) is 13.2 Å². The van der Waals surface area contributed by atoms with E-state index in [1.54, 1.807) is 0 Å². The van der Waals surface area contributed by atoms with Crippen LogP contribution in [-0.4, -0.2) is 14.5 Å². The summed E-state index contributed by atoms with van der Waals surface area (Å²) in [6.45, 7) is 0. The van der Waals surface area contributed by atoms with Crippen LogP contribution in [0.2, 0.25) is 0 Å². The fourth-order valence-electron chi connectivity index (χ4n) is 1.38. The van der Waals surface area contributed by atoms with Crippen molar-refractivity contribution in [3.63, 3.8) is 0 Å². The molecule has 0 spiro atoms. The Balaban J connectivity index is 2.82. The van der Waals surface area contributed by atoms with E-state index in [1.807, 2.05) is 0 Å². The second-order valence-corrected chi connectivity index (χ2v) is 3.84. The predicted octanol–water partition coefficient (Wildman–Crippen LogP) is 2.75. The molecule has 0 bridgehead atoms. The van der Waals surface area contributed by atoms with Gasteiger partial charge in [0.1, 0.15) is 5.52 Å². The summed E-state index contributed by atoms with van der Waals surface area (Å²) in [6.07, 6.45) is -1.72. The van der Waals surface area contributed by atoms with Crippen LogP contribution in [0.5, 0.6) is 0 Å². The van der Waals surface area contributed by atoms with Gasteiger partial charge in [0.25, 0.3) is 0 Å². The Kier molecular flexibility index (Phi) is 2.22. The van der Waals surface area contributed by atoms with E-state index in [0.29, 0.717) is 9.99 Å². The zero-order chi connectivity index (χ0) is 11.2. The van der Waals surface area contributed by atoms with Gasteiger partial charge in [-0.05, 0) is 15.9 Å². The molecule has 2 heterocycles. The fraction of sp³-hybridized carbons (Fsp3) is 0.250. The number of pyridine rings is 1. The number of alkyl halides is 3. The van der Waals surface area contributed by atoms with E-state index < -0.39 is 12.0 Å². The third-order valence-electron chi connectivity index (χ3n) is 1.99. The molecule has 0 N–H and O–H groups in total. The van der Waals surface area contributed by atoms with Crippen molar-refractivity contribution >= 4 is 27.0 Å². The summed E-state index contributed by atoms with van der Waals surface area (Å²) in [5.74, 6) is -0.925. The van der Waals surface area contributed by atoms with Crippen molar-refractivity contribution in [1.29, 1.82) is 0 Å². The quantitative estimate of drug-likeness (QED) is 0.743. The number of hydrogen-bond donors (Lipinski definition) is 0. The smallest absolute Gasteiger partial charge is 0.322 e. The minimum Gasteiger partial charge on any atom is -0.322 e. The van der Waals surface area contributed by atoms with Crippen LogP contribution in [0.3, 0.4) is 0 Å². The van der Waals surface area contributed by atoms with Crippen LogP contribution >= 0.6 is 15.9 Å². The minimum absolute atomic E-state index is 0.221. The molecule has 15 heavy (non-hydrogen) atoms. The lowest BCUT2D eigenvalue weighted by Crippen LogP contribution is -2.12. The molecular weight excluding hydrogens is 275 g/mol. The lowest BCUT2D eigenvalue weighted by molar-refractivity contribution is -0.146. The van der Waals surface area contributed by atoms with Crippen LogP contribution in [0.15, 0.2) is 16.9 Å². The van der Waals surface area contributed by atoms with Gasteiger partial charge < -0.3 is 4.57 Å². The Hall–Kier alpha value is -1.11. The first-order valence-corrected chi connectivity index (χ1v) is 4.73. The topological polar surface area (TPSA) is 30.7 Å². The number of aromatic nitrogens is 3. The van der Waals surface area contributed by atoms with Gasteiger partial charge in [-0.15, -0.1) is 0 Å². The predicted molar refractivity (Wildman–Crippen MR) is 51.2 cm³/mol. The second kappa shape index (κ2) is 3.19. The maximum Gasteiger partial charge on any atom is 0.449 e. The van der Waals surface area contributed by atoms with E-state index in [0.717, 1.165) is 4.57 Å². The zero-order valence-electron chi connectivity index (χ0n) is 7.51. The Morgan fingerprint density at radius 2 is 2.00 bits per heavy atom. The molecule has 0 aliphatic rings. The second-order valence-electron chi connectivity index (χ2n) is 2.98. The van der Waals surface area contributed by atoms with Crippen molar-refractivity contribution in [3.05, 3.63) is 22.7 Å². The van der Waals surface area contributed by atoms with Crippen LogP contribution in [0.4, 0.5) is 13.2 Å². The maximum atomic E-state index is 12.5. The van der Waals surface area contributed by atoms with Gasteiger partial charge >= 0.3 is 6.18 Å². The first-order valence-electron chi connectivity index (χ1n) is 3.94. The van der Waals surface area contributed by atoms with Gasteiger partial charge in [0.2, 0.25) is 5.82 Å². The molecule has 7 heteroatoms. The number of fused-ring (bicyclic) bond motifs is 1. The van der Waals surface area contributed by atoms with E-state index in [4.69, 9.17) is 0 Å².